The Bertz CT molecular complexity index is 1130. The molecule has 3 fully saturated rings. The summed E-state index contributed by atoms with van der Waals surface area (Å²) < 4.78 is 13.9. The monoisotopic (exact) mass is 420 g/mol. The lowest BCUT2D eigenvalue weighted by molar-refractivity contribution is -0.148. The molecule has 1 aromatic carbocycles. The summed E-state index contributed by atoms with van der Waals surface area (Å²) in [7, 11) is 0. The highest BCUT2D eigenvalue weighted by atomic mass is 19.1. The second-order valence-electron chi connectivity index (χ2n) is 9.12. The molecular weight excluding hydrogens is 395 g/mol. The van der Waals surface area contributed by atoms with Gasteiger partial charge in [0.15, 0.2) is 11.5 Å². The summed E-state index contributed by atoms with van der Waals surface area (Å²) in [5.74, 6) is 1.66. The van der Waals surface area contributed by atoms with Gasteiger partial charge in [-0.15, -0.1) is 0 Å². The van der Waals surface area contributed by atoms with Crippen LogP contribution in [0, 0.1) is 17.7 Å². The molecule has 0 unspecified atom stereocenters. The lowest BCUT2D eigenvalue weighted by atomic mass is 9.70. The molecule has 160 valence electrons. The van der Waals surface area contributed by atoms with E-state index in [-0.39, 0.29) is 23.8 Å². The van der Waals surface area contributed by atoms with Crippen LogP contribution in [0.25, 0.3) is 11.2 Å². The molecular formula is C23H25FN6O. The zero-order valence-electron chi connectivity index (χ0n) is 17.2. The third-order valence-electron chi connectivity index (χ3n) is 7.33. The quantitative estimate of drug-likeness (QED) is 0.705. The van der Waals surface area contributed by atoms with E-state index >= 15 is 0 Å². The van der Waals surface area contributed by atoms with Gasteiger partial charge in [-0.2, -0.15) is 0 Å². The number of nitrogens with zero attached hydrogens (tertiary/aromatic N) is 5. The molecule has 4 atom stereocenters. The number of aromatic amines is 1. The number of fused-ring (bicyclic) bond motifs is 5. The Morgan fingerprint density at radius 3 is 2.97 bits per heavy atom. The zero-order chi connectivity index (χ0) is 20.9. The fraction of sp³-hybridized carbons (Fsp3) is 0.478. The van der Waals surface area contributed by atoms with Gasteiger partial charge in [0.25, 0.3) is 0 Å². The van der Waals surface area contributed by atoms with Crippen LogP contribution in [0.15, 0.2) is 36.9 Å². The number of rotatable bonds is 3. The van der Waals surface area contributed by atoms with Gasteiger partial charge in [0.1, 0.15) is 17.7 Å². The standard InChI is InChI=1S/C23H25FN6O/c24-17-4-1-3-14(7-17)8-19-16-9-15(18-5-2-6-20(31)30(18)19)10-29(11-16)23-21-22(26-12-25-21)27-13-28-23/h1,3-4,7,12-13,15-16,18-19H,2,5-6,8-11H2,(H,25,26,27,28)/t15-,16+,18+,19+/m1/s1. The second-order valence-corrected chi connectivity index (χ2v) is 9.12. The number of H-pyrrole nitrogens is 1. The van der Waals surface area contributed by atoms with E-state index in [1.807, 2.05) is 6.07 Å². The predicted molar refractivity (Wildman–Crippen MR) is 114 cm³/mol. The maximum Gasteiger partial charge on any atom is 0.223 e. The molecule has 7 nitrogen and oxygen atoms in total. The molecule has 1 N–H and O–H groups in total. The number of imidazole rings is 1. The predicted octanol–water partition coefficient (Wildman–Crippen LogP) is 2.94. The average molecular weight is 420 g/mol. The van der Waals surface area contributed by atoms with Crippen molar-refractivity contribution in [2.24, 2.45) is 11.8 Å². The molecule has 2 bridgehead atoms. The van der Waals surface area contributed by atoms with Crippen LogP contribution < -0.4 is 4.90 Å². The van der Waals surface area contributed by atoms with Crippen molar-refractivity contribution in [1.29, 1.82) is 0 Å². The topological polar surface area (TPSA) is 78.0 Å². The van der Waals surface area contributed by atoms with Gasteiger partial charge >= 0.3 is 0 Å². The van der Waals surface area contributed by atoms with E-state index in [2.05, 4.69) is 29.7 Å². The number of anilines is 1. The Labute approximate surface area is 179 Å². The Morgan fingerprint density at radius 1 is 1.16 bits per heavy atom. The number of piperidine rings is 3. The Morgan fingerprint density at radius 2 is 2.06 bits per heavy atom. The third kappa shape index (κ3) is 3.16. The number of amides is 1. The van der Waals surface area contributed by atoms with Crippen molar-refractivity contribution in [2.45, 2.75) is 44.2 Å². The molecule has 0 spiro atoms. The van der Waals surface area contributed by atoms with Crippen LogP contribution in [0.5, 0.6) is 0 Å². The summed E-state index contributed by atoms with van der Waals surface area (Å²) in [5.41, 5.74) is 2.49. The van der Waals surface area contributed by atoms with E-state index in [9.17, 15) is 9.18 Å². The van der Waals surface area contributed by atoms with Crippen LogP contribution in [0.2, 0.25) is 0 Å². The van der Waals surface area contributed by atoms with Gasteiger partial charge in [-0.05, 0) is 55.2 Å². The summed E-state index contributed by atoms with van der Waals surface area (Å²) in [5, 5.41) is 0. The smallest absolute Gasteiger partial charge is 0.223 e. The Balaban J connectivity index is 1.37. The average Bonchev–Trinajstić information content (AvgIpc) is 3.26. The minimum Gasteiger partial charge on any atom is -0.354 e. The van der Waals surface area contributed by atoms with Gasteiger partial charge in [0.2, 0.25) is 5.91 Å². The first-order valence-corrected chi connectivity index (χ1v) is 11.1. The molecule has 6 rings (SSSR count). The van der Waals surface area contributed by atoms with E-state index in [0.29, 0.717) is 30.3 Å². The maximum atomic E-state index is 13.9. The number of carbonyl (C=O) groups is 1. The fourth-order valence-electron chi connectivity index (χ4n) is 6.11. The second kappa shape index (κ2) is 7.28. The normalized spacial score (nSPS) is 28.1. The molecule has 3 aromatic rings. The number of benzene rings is 1. The van der Waals surface area contributed by atoms with Crippen molar-refractivity contribution >= 4 is 22.9 Å². The van der Waals surface area contributed by atoms with E-state index in [1.165, 1.54) is 6.07 Å². The van der Waals surface area contributed by atoms with Crippen LogP contribution in [-0.2, 0) is 11.2 Å². The number of nitrogens with one attached hydrogen (secondary N) is 1. The molecule has 2 aromatic heterocycles. The van der Waals surface area contributed by atoms with E-state index in [4.69, 9.17) is 0 Å². The summed E-state index contributed by atoms with van der Waals surface area (Å²) in [4.78, 5) is 33.8. The maximum absolute atomic E-state index is 13.9. The van der Waals surface area contributed by atoms with Crippen molar-refractivity contribution in [3.8, 4) is 0 Å². The van der Waals surface area contributed by atoms with Crippen molar-refractivity contribution in [3.63, 3.8) is 0 Å². The summed E-state index contributed by atoms with van der Waals surface area (Å²) in [6, 6.07) is 7.14. The zero-order valence-corrected chi connectivity index (χ0v) is 17.2. The summed E-state index contributed by atoms with van der Waals surface area (Å²) in [6.07, 6.45) is 7.63. The number of halogens is 1. The molecule has 31 heavy (non-hydrogen) atoms. The van der Waals surface area contributed by atoms with Gasteiger partial charge in [-0.1, -0.05) is 12.1 Å². The SMILES string of the molecule is O=C1CCC[C@H]2[C@@H]3C[C@@H](CN(c4ncnc5nc[nH]c45)C3)[C@H](Cc3cccc(F)c3)N12. The van der Waals surface area contributed by atoms with Gasteiger partial charge in [0, 0.05) is 31.6 Å². The molecule has 0 saturated carbocycles. The van der Waals surface area contributed by atoms with Crippen molar-refractivity contribution < 1.29 is 9.18 Å². The van der Waals surface area contributed by atoms with Crippen LogP contribution in [0.3, 0.4) is 0 Å². The first kappa shape index (κ1) is 18.7. The fourth-order valence-corrected chi connectivity index (χ4v) is 6.11. The molecule has 0 aliphatic carbocycles. The largest absolute Gasteiger partial charge is 0.354 e. The third-order valence-corrected chi connectivity index (χ3v) is 7.33. The summed E-state index contributed by atoms with van der Waals surface area (Å²) >= 11 is 0. The van der Waals surface area contributed by atoms with Crippen LogP contribution in [0.4, 0.5) is 10.2 Å². The molecule has 1 amide bonds. The Kier molecular flexibility index (Phi) is 4.40. The highest BCUT2D eigenvalue weighted by molar-refractivity contribution is 5.83. The molecule has 3 aliphatic heterocycles. The van der Waals surface area contributed by atoms with Crippen molar-refractivity contribution in [1.82, 2.24) is 24.8 Å². The lowest BCUT2D eigenvalue weighted by Gasteiger charge is -2.57. The first-order valence-electron chi connectivity index (χ1n) is 11.1. The highest BCUT2D eigenvalue weighted by Crippen LogP contribution is 2.43. The molecule has 3 aliphatic rings. The minimum atomic E-state index is -0.222. The minimum absolute atomic E-state index is 0.0812. The van der Waals surface area contributed by atoms with E-state index < -0.39 is 0 Å². The number of carbonyl (C=O) groups excluding carboxylic acids is 1. The highest BCUT2D eigenvalue weighted by Gasteiger charge is 2.49. The first-order chi connectivity index (χ1) is 15.2. The number of hydrogen-bond acceptors (Lipinski definition) is 5. The molecule has 5 heterocycles. The van der Waals surface area contributed by atoms with Crippen LogP contribution in [-0.4, -0.2) is 55.9 Å². The summed E-state index contributed by atoms with van der Waals surface area (Å²) in [6.45, 7) is 1.70. The van der Waals surface area contributed by atoms with Crippen molar-refractivity contribution in [3.05, 3.63) is 48.3 Å². The van der Waals surface area contributed by atoms with Gasteiger partial charge < -0.3 is 14.8 Å². The number of aromatic nitrogens is 4. The number of hydrogen-bond donors (Lipinski definition) is 1. The van der Waals surface area contributed by atoms with Crippen molar-refractivity contribution in [2.75, 3.05) is 18.0 Å². The van der Waals surface area contributed by atoms with Crippen LogP contribution >= 0.6 is 0 Å². The van der Waals surface area contributed by atoms with Gasteiger partial charge in [0.05, 0.1) is 6.33 Å². The molecule has 8 heteroatoms. The molecule has 0 radical (unpaired) electrons. The van der Waals surface area contributed by atoms with Gasteiger partial charge in [-0.3, -0.25) is 4.79 Å². The van der Waals surface area contributed by atoms with Crippen LogP contribution in [0.1, 0.15) is 31.2 Å². The van der Waals surface area contributed by atoms with E-state index in [0.717, 1.165) is 49.2 Å². The lowest BCUT2D eigenvalue weighted by Crippen LogP contribution is -2.65. The van der Waals surface area contributed by atoms with Gasteiger partial charge in [-0.25, -0.2) is 19.3 Å². The molecule has 3 saturated heterocycles. The van der Waals surface area contributed by atoms with E-state index in [1.54, 1.807) is 24.8 Å². The Hall–Kier alpha value is -3.03.